The molecule has 0 saturated heterocycles. The Balaban J connectivity index is 1.59. The standard InChI is InChI=1S/C18H22N2O5S/c1-12(18-11-24-16-7-2-3-8-17(16)25-18)20-10-15(21)13-5-4-6-14(9-13)26(19,22)23/h2-9,12,15,18,20-21H,10-11H2,1H3,(H2,19,22,23). The van der Waals surface area contributed by atoms with E-state index in [1.807, 2.05) is 31.2 Å². The van der Waals surface area contributed by atoms with Gasteiger partial charge in [-0.25, -0.2) is 13.6 Å². The summed E-state index contributed by atoms with van der Waals surface area (Å²) in [4.78, 5) is -0.0253. The molecular weight excluding hydrogens is 356 g/mol. The molecule has 0 radical (unpaired) electrons. The first kappa shape index (κ1) is 18.7. The smallest absolute Gasteiger partial charge is 0.238 e. The number of nitrogens with two attached hydrogens (primary N) is 1. The highest BCUT2D eigenvalue weighted by Gasteiger charge is 2.26. The molecule has 0 spiro atoms. The fourth-order valence-electron chi connectivity index (χ4n) is 2.73. The first-order valence-corrected chi connectivity index (χ1v) is 9.82. The van der Waals surface area contributed by atoms with Crippen LogP contribution in [0, 0.1) is 0 Å². The summed E-state index contributed by atoms with van der Waals surface area (Å²) in [5.41, 5.74) is 0.474. The minimum absolute atomic E-state index is 0.0253. The average Bonchev–Trinajstić information content (AvgIpc) is 2.64. The first-order valence-electron chi connectivity index (χ1n) is 8.27. The van der Waals surface area contributed by atoms with Crippen LogP contribution in [-0.2, 0) is 10.0 Å². The van der Waals surface area contributed by atoms with Crippen LogP contribution in [-0.4, -0.2) is 38.8 Å². The summed E-state index contributed by atoms with van der Waals surface area (Å²) in [7, 11) is -3.80. The molecule has 0 amide bonds. The Labute approximate surface area is 152 Å². The van der Waals surface area contributed by atoms with Crippen molar-refractivity contribution in [3.8, 4) is 11.5 Å². The van der Waals surface area contributed by atoms with E-state index in [0.717, 1.165) is 5.75 Å². The Kier molecular flexibility index (Phi) is 5.47. The van der Waals surface area contributed by atoms with Crippen molar-refractivity contribution in [1.29, 1.82) is 0 Å². The van der Waals surface area contributed by atoms with Crippen molar-refractivity contribution in [1.82, 2.24) is 5.32 Å². The molecule has 3 unspecified atom stereocenters. The molecule has 8 heteroatoms. The van der Waals surface area contributed by atoms with E-state index in [0.29, 0.717) is 17.9 Å². The van der Waals surface area contributed by atoms with Gasteiger partial charge in [-0.15, -0.1) is 0 Å². The number of para-hydroxylation sites is 2. The minimum Gasteiger partial charge on any atom is -0.486 e. The number of benzene rings is 2. The third-order valence-corrected chi connectivity index (χ3v) is 5.20. The monoisotopic (exact) mass is 378 g/mol. The summed E-state index contributed by atoms with van der Waals surface area (Å²) >= 11 is 0. The Hall–Kier alpha value is -2.13. The zero-order valence-electron chi connectivity index (χ0n) is 14.3. The van der Waals surface area contributed by atoms with Crippen LogP contribution in [0.1, 0.15) is 18.6 Å². The molecule has 1 aliphatic rings. The van der Waals surface area contributed by atoms with Gasteiger partial charge in [-0.1, -0.05) is 24.3 Å². The summed E-state index contributed by atoms with van der Waals surface area (Å²) in [5, 5.41) is 18.7. The van der Waals surface area contributed by atoms with Gasteiger partial charge in [0.25, 0.3) is 0 Å². The number of aliphatic hydroxyl groups excluding tert-OH is 1. The second-order valence-electron chi connectivity index (χ2n) is 6.24. The van der Waals surface area contributed by atoms with Crippen LogP contribution in [0.25, 0.3) is 0 Å². The molecule has 3 rings (SSSR count). The Morgan fingerprint density at radius 1 is 1.23 bits per heavy atom. The lowest BCUT2D eigenvalue weighted by atomic mass is 10.1. The summed E-state index contributed by atoms with van der Waals surface area (Å²) < 4.78 is 34.5. The third kappa shape index (κ3) is 4.34. The van der Waals surface area contributed by atoms with Crippen molar-refractivity contribution in [3.63, 3.8) is 0 Å². The van der Waals surface area contributed by atoms with E-state index in [2.05, 4.69) is 5.32 Å². The van der Waals surface area contributed by atoms with Crippen LogP contribution < -0.4 is 19.9 Å². The normalized spacial score (nSPS) is 19.0. The van der Waals surface area contributed by atoms with Gasteiger partial charge in [0.05, 0.1) is 11.0 Å². The van der Waals surface area contributed by atoms with Crippen molar-refractivity contribution in [3.05, 3.63) is 54.1 Å². The molecule has 0 bridgehead atoms. The highest BCUT2D eigenvalue weighted by Crippen LogP contribution is 2.31. The van der Waals surface area contributed by atoms with Crippen molar-refractivity contribution in [2.24, 2.45) is 5.14 Å². The number of rotatable bonds is 6. The minimum atomic E-state index is -3.80. The molecule has 7 nitrogen and oxygen atoms in total. The van der Waals surface area contributed by atoms with Gasteiger partial charge in [0.2, 0.25) is 10.0 Å². The summed E-state index contributed by atoms with van der Waals surface area (Å²) in [6.45, 7) is 2.58. The molecule has 1 aliphatic heterocycles. The molecule has 4 N–H and O–H groups in total. The quantitative estimate of drug-likeness (QED) is 0.696. The van der Waals surface area contributed by atoms with Crippen LogP contribution in [0.4, 0.5) is 0 Å². The Morgan fingerprint density at radius 3 is 2.69 bits per heavy atom. The van der Waals surface area contributed by atoms with Gasteiger partial charge in [0.1, 0.15) is 12.7 Å². The van der Waals surface area contributed by atoms with Crippen molar-refractivity contribution >= 4 is 10.0 Å². The van der Waals surface area contributed by atoms with E-state index in [9.17, 15) is 13.5 Å². The summed E-state index contributed by atoms with van der Waals surface area (Å²) in [6.07, 6.45) is -1.08. The molecule has 0 aromatic heterocycles. The van der Waals surface area contributed by atoms with E-state index in [1.54, 1.807) is 12.1 Å². The topological polar surface area (TPSA) is 111 Å². The molecule has 140 valence electrons. The Bertz CT molecular complexity index is 871. The van der Waals surface area contributed by atoms with Crippen LogP contribution in [0.15, 0.2) is 53.4 Å². The molecule has 0 fully saturated rings. The lowest BCUT2D eigenvalue weighted by Gasteiger charge is -2.31. The molecular formula is C18H22N2O5S. The average molecular weight is 378 g/mol. The fraction of sp³-hybridized carbons (Fsp3) is 0.333. The van der Waals surface area contributed by atoms with Crippen LogP contribution in [0.3, 0.4) is 0 Å². The van der Waals surface area contributed by atoms with Gasteiger partial charge in [-0.3, -0.25) is 0 Å². The van der Waals surface area contributed by atoms with Crippen LogP contribution in [0.2, 0.25) is 0 Å². The molecule has 0 saturated carbocycles. The zero-order valence-corrected chi connectivity index (χ0v) is 15.1. The first-order chi connectivity index (χ1) is 12.3. The highest BCUT2D eigenvalue weighted by molar-refractivity contribution is 7.89. The van der Waals surface area contributed by atoms with Gasteiger partial charge in [-0.05, 0) is 36.8 Å². The largest absolute Gasteiger partial charge is 0.486 e. The number of fused-ring (bicyclic) bond motifs is 1. The Morgan fingerprint density at radius 2 is 1.96 bits per heavy atom. The van der Waals surface area contributed by atoms with E-state index in [-0.39, 0.29) is 23.6 Å². The number of hydrogen-bond acceptors (Lipinski definition) is 6. The molecule has 26 heavy (non-hydrogen) atoms. The van der Waals surface area contributed by atoms with Gasteiger partial charge in [0, 0.05) is 12.6 Å². The summed E-state index contributed by atoms with van der Waals surface area (Å²) in [5.74, 6) is 1.41. The van der Waals surface area contributed by atoms with Crippen LogP contribution in [0.5, 0.6) is 11.5 Å². The number of aliphatic hydroxyl groups is 1. The zero-order chi connectivity index (χ0) is 18.7. The molecule has 0 aliphatic carbocycles. The molecule has 2 aromatic carbocycles. The maximum Gasteiger partial charge on any atom is 0.238 e. The molecule has 2 aromatic rings. The van der Waals surface area contributed by atoms with Gasteiger partial charge < -0.3 is 19.9 Å². The van der Waals surface area contributed by atoms with Gasteiger partial charge in [-0.2, -0.15) is 0 Å². The molecule has 1 heterocycles. The fourth-order valence-corrected chi connectivity index (χ4v) is 3.30. The maximum atomic E-state index is 11.4. The number of sulfonamides is 1. The second-order valence-corrected chi connectivity index (χ2v) is 7.81. The van der Waals surface area contributed by atoms with Crippen molar-refractivity contribution in [2.45, 2.75) is 30.1 Å². The number of hydrogen-bond donors (Lipinski definition) is 3. The van der Waals surface area contributed by atoms with E-state index in [4.69, 9.17) is 14.6 Å². The van der Waals surface area contributed by atoms with Gasteiger partial charge >= 0.3 is 0 Å². The highest BCUT2D eigenvalue weighted by atomic mass is 32.2. The van der Waals surface area contributed by atoms with Crippen molar-refractivity contribution < 1.29 is 23.0 Å². The lowest BCUT2D eigenvalue weighted by Crippen LogP contribution is -2.47. The van der Waals surface area contributed by atoms with E-state index in [1.165, 1.54) is 12.1 Å². The van der Waals surface area contributed by atoms with Crippen molar-refractivity contribution in [2.75, 3.05) is 13.2 Å². The molecule has 3 atom stereocenters. The summed E-state index contributed by atoms with van der Waals surface area (Å²) in [6, 6.07) is 13.4. The number of ether oxygens (including phenoxy) is 2. The second kappa shape index (κ2) is 7.63. The van der Waals surface area contributed by atoms with E-state index < -0.39 is 16.1 Å². The van der Waals surface area contributed by atoms with Gasteiger partial charge in [0.15, 0.2) is 11.5 Å². The predicted octanol–water partition coefficient (Wildman–Crippen LogP) is 1.19. The van der Waals surface area contributed by atoms with Crippen LogP contribution >= 0.6 is 0 Å². The SMILES string of the molecule is CC(NCC(O)c1cccc(S(N)(=O)=O)c1)C1COc2ccccc2O1. The predicted molar refractivity (Wildman–Crippen MR) is 96.6 cm³/mol. The number of primary sulfonamides is 1. The maximum absolute atomic E-state index is 11.4. The van der Waals surface area contributed by atoms with E-state index >= 15 is 0 Å². The number of nitrogens with one attached hydrogen (secondary N) is 1. The third-order valence-electron chi connectivity index (χ3n) is 4.29. The lowest BCUT2D eigenvalue weighted by molar-refractivity contribution is 0.0612.